The molecule has 0 amide bonds. The summed E-state index contributed by atoms with van der Waals surface area (Å²) in [4.78, 5) is 13.9. The van der Waals surface area contributed by atoms with Gasteiger partial charge in [-0.3, -0.25) is 9.69 Å². The van der Waals surface area contributed by atoms with Gasteiger partial charge >= 0.3 is 0 Å². The van der Waals surface area contributed by atoms with Gasteiger partial charge < -0.3 is 5.73 Å². The lowest BCUT2D eigenvalue weighted by Gasteiger charge is -2.23. The summed E-state index contributed by atoms with van der Waals surface area (Å²) in [5.41, 5.74) is 8.67. The Morgan fingerprint density at radius 2 is 1.71 bits per heavy atom. The minimum Gasteiger partial charge on any atom is -0.398 e. The molecule has 0 aliphatic carbocycles. The monoisotopic (exact) mass is 312 g/mol. The fourth-order valence-corrected chi connectivity index (χ4v) is 2.24. The highest BCUT2D eigenvalue weighted by atomic mass is 35.5. The van der Waals surface area contributed by atoms with Gasteiger partial charge in [0.2, 0.25) is 0 Å². The van der Waals surface area contributed by atoms with Crippen LogP contribution in [0, 0.1) is 0 Å². The predicted molar refractivity (Wildman–Crippen MR) is 93.2 cm³/mol. The van der Waals surface area contributed by atoms with Gasteiger partial charge in [-0.1, -0.05) is 26.7 Å². The zero-order valence-corrected chi connectivity index (χ0v) is 14.3. The molecular formula is C17H29ClN2O. The van der Waals surface area contributed by atoms with Crippen molar-refractivity contribution in [2.24, 2.45) is 0 Å². The summed E-state index contributed by atoms with van der Waals surface area (Å²) in [6.45, 7) is 9.06. The molecule has 0 radical (unpaired) electrons. The van der Waals surface area contributed by atoms with Gasteiger partial charge in [-0.2, -0.15) is 0 Å². The van der Waals surface area contributed by atoms with E-state index in [1.165, 1.54) is 25.7 Å². The molecular weight excluding hydrogens is 284 g/mol. The molecule has 1 aromatic rings. The van der Waals surface area contributed by atoms with Crippen molar-refractivity contribution >= 4 is 23.9 Å². The number of rotatable bonds is 9. The zero-order chi connectivity index (χ0) is 15.0. The van der Waals surface area contributed by atoms with E-state index in [9.17, 15) is 4.79 Å². The summed E-state index contributed by atoms with van der Waals surface area (Å²) in [6, 6.07) is 5.61. The van der Waals surface area contributed by atoms with E-state index in [2.05, 4.69) is 18.7 Å². The fourth-order valence-electron chi connectivity index (χ4n) is 2.24. The fraction of sp³-hybridized carbons (Fsp3) is 0.588. The number of nitrogens with two attached hydrogens (primary N) is 1. The number of Topliss-reactive ketones (excluding diaryl/α,β-unsaturated/α-hetero) is 1. The summed E-state index contributed by atoms with van der Waals surface area (Å²) >= 11 is 0. The number of halogens is 1. The van der Waals surface area contributed by atoms with E-state index in [1.54, 1.807) is 6.92 Å². The first-order valence-corrected chi connectivity index (χ1v) is 7.70. The van der Waals surface area contributed by atoms with Gasteiger partial charge in [0.05, 0.1) is 0 Å². The molecule has 1 aromatic carbocycles. The largest absolute Gasteiger partial charge is 0.398 e. The number of hydrogen-bond donors (Lipinski definition) is 1. The number of unbranched alkanes of at least 4 members (excludes halogenated alkanes) is 2. The van der Waals surface area contributed by atoms with Gasteiger partial charge in [-0.15, -0.1) is 12.4 Å². The summed E-state index contributed by atoms with van der Waals surface area (Å²) < 4.78 is 0. The van der Waals surface area contributed by atoms with Gasteiger partial charge in [0, 0.05) is 17.8 Å². The average Bonchev–Trinajstić information content (AvgIpc) is 2.43. The summed E-state index contributed by atoms with van der Waals surface area (Å²) in [5.74, 6) is 0.0971. The highest BCUT2D eigenvalue weighted by Gasteiger charge is 2.09. The highest BCUT2D eigenvalue weighted by molar-refractivity contribution is 5.94. The topological polar surface area (TPSA) is 46.3 Å². The number of carbonyl (C=O) groups is 1. The average molecular weight is 313 g/mol. The maximum atomic E-state index is 11.5. The van der Waals surface area contributed by atoms with E-state index in [0.717, 1.165) is 36.4 Å². The molecule has 0 spiro atoms. The molecule has 3 nitrogen and oxygen atoms in total. The SMILES string of the molecule is CCCCN(CCCC)Cc1cc(C(C)=O)ccc1N.Cl. The summed E-state index contributed by atoms with van der Waals surface area (Å²) in [7, 11) is 0. The Morgan fingerprint density at radius 1 is 1.14 bits per heavy atom. The number of hydrogen-bond acceptors (Lipinski definition) is 3. The van der Waals surface area contributed by atoms with Crippen LogP contribution in [0.25, 0.3) is 0 Å². The van der Waals surface area contributed by atoms with Crippen LogP contribution in [0.1, 0.15) is 62.4 Å². The van der Waals surface area contributed by atoms with Gasteiger partial charge in [-0.25, -0.2) is 0 Å². The number of benzene rings is 1. The van der Waals surface area contributed by atoms with Crippen LogP contribution >= 0.6 is 12.4 Å². The quantitative estimate of drug-likeness (QED) is 0.546. The molecule has 0 atom stereocenters. The molecule has 2 N–H and O–H groups in total. The second-order valence-electron chi connectivity index (χ2n) is 5.45. The molecule has 0 saturated heterocycles. The number of nitrogens with zero attached hydrogens (tertiary/aromatic N) is 1. The molecule has 0 unspecified atom stereocenters. The minimum atomic E-state index is 0. The molecule has 1 rings (SSSR count). The number of nitrogen functional groups attached to an aromatic ring is 1. The van der Waals surface area contributed by atoms with E-state index < -0.39 is 0 Å². The predicted octanol–water partition coefficient (Wildman–Crippen LogP) is 4.30. The zero-order valence-electron chi connectivity index (χ0n) is 13.5. The Kier molecular flexibility index (Phi) is 10.1. The minimum absolute atomic E-state index is 0. The second-order valence-corrected chi connectivity index (χ2v) is 5.45. The van der Waals surface area contributed by atoms with E-state index >= 15 is 0 Å². The third-order valence-corrected chi connectivity index (χ3v) is 3.60. The first kappa shape index (κ1) is 19.9. The first-order chi connectivity index (χ1) is 9.58. The maximum absolute atomic E-state index is 11.5. The number of anilines is 1. The normalized spacial score (nSPS) is 10.5. The van der Waals surface area contributed by atoms with E-state index in [1.807, 2.05) is 18.2 Å². The molecule has 120 valence electrons. The standard InChI is InChI=1S/C17H28N2O.ClH/c1-4-6-10-19(11-7-5-2)13-16-12-15(14(3)20)8-9-17(16)18;/h8-9,12H,4-7,10-11,13,18H2,1-3H3;1H. The van der Waals surface area contributed by atoms with Crippen molar-refractivity contribution in [3.63, 3.8) is 0 Å². The van der Waals surface area contributed by atoms with Crippen molar-refractivity contribution in [3.8, 4) is 0 Å². The van der Waals surface area contributed by atoms with E-state index in [-0.39, 0.29) is 18.2 Å². The smallest absolute Gasteiger partial charge is 0.159 e. The van der Waals surface area contributed by atoms with Crippen molar-refractivity contribution in [1.82, 2.24) is 4.90 Å². The third kappa shape index (κ3) is 6.96. The van der Waals surface area contributed by atoms with Crippen molar-refractivity contribution in [2.75, 3.05) is 18.8 Å². The summed E-state index contributed by atoms with van der Waals surface area (Å²) in [6.07, 6.45) is 4.81. The maximum Gasteiger partial charge on any atom is 0.159 e. The van der Waals surface area contributed by atoms with Crippen LogP contribution in [0.2, 0.25) is 0 Å². The van der Waals surface area contributed by atoms with Gasteiger partial charge in [0.25, 0.3) is 0 Å². The van der Waals surface area contributed by atoms with Crippen LogP contribution in [0.5, 0.6) is 0 Å². The lowest BCUT2D eigenvalue weighted by atomic mass is 10.1. The van der Waals surface area contributed by atoms with Crippen LogP contribution in [-0.2, 0) is 6.54 Å². The van der Waals surface area contributed by atoms with Crippen molar-refractivity contribution in [3.05, 3.63) is 29.3 Å². The lowest BCUT2D eigenvalue weighted by molar-refractivity contribution is 0.101. The van der Waals surface area contributed by atoms with Crippen LogP contribution < -0.4 is 5.73 Å². The molecule has 0 aromatic heterocycles. The highest BCUT2D eigenvalue weighted by Crippen LogP contribution is 2.17. The molecule has 21 heavy (non-hydrogen) atoms. The Morgan fingerprint density at radius 3 is 2.19 bits per heavy atom. The summed E-state index contributed by atoms with van der Waals surface area (Å²) in [5, 5.41) is 0. The van der Waals surface area contributed by atoms with Gasteiger partial charge in [0.15, 0.2) is 5.78 Å². The second kappa shape index (κ2) is 10.6. The number of carbonyl (C=O) groups excluding carboxylic acids is 1. The van der Waals surface area contributed by atoms with Gasteiger partial charge in [-0.05, 0) is 56.6 Å². The number of ketones is 1. The molecule has 0 heterocycles. The van der Waals surface area contributed by atoms with Gasteiger partial charge in [0.1, 0.15) is 0 Å². The van der Waals surface area contributed by atoms with Crippen LogP contribution in [0.4, 0.5) is 5.69 Å². The Bertz CT molecular complexity index is 427. The Hall–Kier alpha value is -1.06. The Balaban J connectivity index is 0.00000400. The van der Waals surface area contributed by atoms with Crippen molar-refractivity contribution in [2.45, 2.75) is 53.0 Å². The van der Waals surface area contributed by atoms with E-state index in [0.29, 0.717) is 0 Å². The van der Waals surface area contributed by atoms with Crippen LogP contribution in [0.3, 0.4) is 0 Å². The van der Waals surface area contributed by atoms with Crippen molar-refractivity contribution < 1.29 is 4.79 Å². The third-order valence-electron chi connectivity index (χ3n) is 3.60. The van der Waals surface area contributed by atoms with Crippen LogP contribution in [0.15, 0.2) is 18.2 Å². The molecule has 4 heteroatoms. The first-order valence-electron chi connectivity index (χ1n) is 7.70. The lowest BCUT2D eigenvalue weighted by Crippen LogP contribution is -2.26. The molecule has 0 bridgehead atoms. The molecule has 0 aliphatic rings. The molecule has 0 fully saturated rings. The van der Waals surface area contributed by atoms with Crippen molar-refractivity contribution in [1.29, 1.82) is 0 Å². The molecule has 0 aliphatic heterocycles. The van der Waals surface area contributed by atoms with E-state index in [4.69, 9.17) is 5.73 Å². The molecule has 0 saturated carbocycles. The Labute approximate surface area is 135 Å². The van der Waals surface area contributed by atoms with Crippen LogP contribution in [-0.4, -0.2) is 23.8 Å².